The number of aliphatic hydroxyl groups is 1. The predicted octanol–water partition coefficient (Wildman–Crippen LogP) is 3.13. The van der Waals surface area contributed by atoms with E-state index in [0.29, 0.717) is 51.6 Å². The first kappa shape index (κ1) is 25.4. The van der Waals surface area contributed by atoms with Gasteiger partial charge < -0.3 is 20.7 Å². The fraction of sp³-hybridized carbons (Fsp3) is 0.423. The van der Waals surface area contributed by atoms with Crippen molar-refractivity contribution < 1.29 is 14.7 Å². The summed E-state index contributed by atoms with van der Waals surface area (Å²) in [4.78, 5) is 40.0. The monoisotopic (exact) mass is 549 g/mol. The number of nitrogens with zero attached hydrogens (tertiary/aromatic N) is 7. The van der Waals surface area contributed by atoms with Crippen molar-refractivity contribution in [2.75, 3.05) is 5.73 Å². The van der Waals surface area contributed by atoms with Crippen LogP contribution in [0.25, 0.3) is 16.8 Å². The van der Waals surface area contributed by atoms with E-state index in [-0.39, 0.29) is 41.3 Å². The molecule has 3 atom stereocenters. The van der Waals surface area contributed by atoms with E-state index >= 15 is 0 Å². The maximum atomic E-state index is 13.1. The van der Waals surface area contributed by atoms with Gasteiger partial charge in [-0.15, -0.1) is 10.2 Å². The lowest BCUT2D eigenvalue weighted by Crippen LogP contribution is -2.46. The molecule has 0 saturated carbocycles. The normalized spacial score (nSPS) is 21.1. The van der Waals surface area contributed by atoms with Crippen LogP contribution in [0.5, 0.6) is 0 Å². The molecule has 4 aromatic rings. The summed E-state index contributed by atoms with van der Waals surface area (Å²) >= 11 is 6.47. The molecule has 0 spiro atoms. The molecular formula is C26H28ClN9O3. The highest BCUT2D eigenvalue weighted by molar-refractivity contribution is 6.31. The zero-order valence-electron chi connectivity index (χ0n) is 21.7. The number of H-pyrrole nitrogens is 1. The third-order valence-corrected chi connectivity index (χ3v) is 8.06. The molecule has 6 rings (SSSR count). The standard InChI is InChI=1S/C26H28ClN9O3/c1-12(37)19-20(13-6-15-4-5-16(7-13)35(15)25(38)23-30-11-31-34-23)33-24-17(10-32-36(24)22(19)28)14-8-18(27)21(29-9-14)26(2,3)39/h8-11,13,15-16,39H,4-7,28H2,1-3H3,(H,30,31,34)/t13-,15+,16-. The molecule has 2 aliphatic rings. The molecule has 6 heterocycles. The van der Waals surface area contributed by atoms with E-state index in [2.05, 4.69) is 25.3 Å². The lowest BCUT2D eigenvalue weighted by molar-refractivity contribution is 0.0556. The number of nitrogens with one attached hydrogen (secondary N) is 1. The number of nitrogen functional groups attached to an aromatic ring is 1. The summed E-state index contributed by atoms with van der Waals surface area (Å²) in [5.41, 5.74) is 8.45. The van der Waals surface area contributed by atoms with Crippen LogP contribution >= 0.6 is 11.6 Å². The van der Waals surface area contributed by atoms with E-state index in [9.17, 15) is 14.7 Å². The number of rotatable bonds is 5. The number of hydrogen-bond donors (Lipinski definition) is 3. The first-order valence-corrected chi connectivity index (χ1v) is 13.2. The highest BCUT2D eigenvalue weighted by Gasteiger charge is 2.45. The Morgan fingerprint density at radius 1 is 1.21 bits per heavy atom. The van der Waals surface area contributed by atoms with E-state index in [0.717, 1.165) is 12.8 Å². The number of ketones is 1. The summed E-state index contributed by atoms with van der Waals surface area (Å²) in [5, 5.41) is 22.7. The smallest absolute Gasteiger partial charge is 0.292 e. The number of amides is 1. The summed E-state index contributed by atoms with van der Waals surface area (Å²) in [6.45, 7) is 4.71. The van der Waals surface area contributed by atoms with Crippen LogP contribution in [0.15, 0.2) is 24.8 Å². The number of aromatic nitrogens is 7. The molecule has 202 valence electrons. The topological polar surface area (TPSA) is 168 Å². The van der Waals surface area contributed by atoms with E-state index in [4.69, 9.17) is 22.3 Å². The van der Waals surface area contributed by atoms with Crippen molar-refractivity contribution in [1.82, 2.24) is 39.7 Å². The lowest BCUT2D eigenvalue weighted by atomic mass is 9.85. The van der Waals surface area contributed by atoms with Gasteiger partial charge in [0, 0.05) is 35.3 Å². The Labute approximate surface area is 228 Å². The van der Waals surface area contributed by atoms with Crippen LogP contribution in [0.4, 0.5) is 5.82 Å². The molecule has 0 aromatic carbocycles. The van der Waals surface area contributed by atoms with Crippen molar-refractivity contribution >= 4 is 34.8 Å². The first-order chi connectivity index (χ1) is 18.5. The average Bonchev–Trinajstić information content (AvgIpc) is 3.61. The number of carbonyl (C=O) groups excluding carboxylic acids is 2. The molecule has 0 radical (unpaired) electrons. The van der Waals surface area contributed by atoms with Crippen molar-refractivity contribution in [3.8, 4) is 11.1 Å². The Hall–Kier alpha value is -3.90. The number of aromatic amines is 1. The number of pyridine rings is 1. The highest BCUT2D eigenvalue weighted by Crippen LogP contribution is 2.45. The summed E-state index contributed by atoms with van der Waals surface area (Å²) in [7, 11) is 0. The summed E-state index contributed by atoms with van der Waals surface area (Å²) in [6.07, 6.45) is 7.65. The number of carbonyl (C=O) groups is 2. The van der Waals surface area contributed by atoms with E-state index < -0.39 is 5.60 Å². The second kappa shape index (κ2) is 9.09. The first-order valence-electron chi connectivity index (χ1n) is 12.8. The minimum Gasteiger partial charge on any atom is -0.384 e. The maximum absolute atomic E-state index is 13.1. The molecule has 2 aliphatic heterocycles. The van der Waals surface area contributed by atoms with E-state index in [1.54, 1.807) is 32.3 Å². The van der Waals surface area contributed by atoms with Gasteiger partial charge in [-0.2, -0.15) is 9.61 Å². The van der Waals surface area contributed by atoms with E-state index in [1.165, 1.54) is 17.8 Å². The Morgan fingerprint density at radius 3 is 2.51 bits per heavy atom. The Bertz CT molecular complexity index is 1600. The largest absolute Gasteiger partial charge is 0.384 e. The summed E-state index contributed by atoms with van der Waals surface area (Å²) in [6, 6.07) is 1.70. The molecule has 2 saturated heterocycles. The SMILES string of the molecule is CC(=O)c1c([C@H]2C[C@H]3CC[C@@H](C2)N3C(=O)c2nnc[nH]2)nc2c(-c3cnc(C(C)(C)O)c(Cl)c3)cnn2c1N. The second-order valence-electron chi connectivity index (χ2n) is 10.8. The quantitative estimate of drug-likeness (QED) is 0.316. The van der Waals surface area contributed by atoms with Gasteiger partial charge in [0.05, 0.1) is 28.2 Å². The molecule has 12 nitrogen and oxygen atoms in total. The molecule has 4 aromatic heterocycles. The number of anilines is 1. The maximum Gasteiger partial charge on any atom is 0.292 e. The van der Waals surface area contributed by atoms with Crippen LogP contribution < -0.4 is 5.73 Å². The van der Waals surface area contributed by atoms with Gasteiger partial charge in [-0.25, -0.2) is 4.98 Å². The summed E-state index contributed by atoms with van der Waals surface area (Å²) < 4.78 is 1.46. The van der Waals surface area contributed by atoms with Gasteiger partial charge in [-0.1, -0.05) is 11.6 Å². The third kappa shape index (κ3) is 4.14. The number of hydrogen-bond acceptors (Lipinski definition) is 9. The molecule has 2 bridgehead atoms. The highest BCUT2D eigenvalue weighted by atomic mass is 35.5. The number of Topliss-reactive ketones (excluding diaryl/α,β-unsaturated/α-hetero) is 1. The van der Waals surface area contributed by atoms with Crippen molar-refractivity contribution in [2.45, 2.75) is 70.1 Å². The molecular weight excluding hydrogens is 522 g/mol. The Kier molecular flexibility index (Phi) is 5.92. The fourth-order valence-electron chi connectivity index (χ4n) is 6.09. The van der Waals surface area contributed by atoms with Gasteiger partial charge in [-0.3, -0.25) is 14.6 Å². The average molecular weight is 550 g/mol. The van der Waals surface area contributed by atoms with Crippen LogP contribution in [-0.2, 0) is 5.60 Å². The van der Waals surface area contributed by atoms with Crippen molar-refractivity contribution in [3.05, 3.63) is 52.6 Å². The summed E-state index contributed by atoms with van der Waals surface area (Å²) in [5.74, 6) is 0.0131. The predicted molar refractivity (Wildman–Crippen MR) is 142 cm³/mol. The number of fused-ring (bicyclic) bond motifs is 3. The molecule has 4 N–H and O–H groups in total. The van der Waals surface area contributed by atoms with Crippen molar-refractivity contribution in [3.63, 3.8) is 0 Å². The number of nitrogens with two attached hydrogens (primary N) is 1. The van der Waals surface area contributed by atoms with Crippen LogP contribution in [0.3, 0.4) is 0 Å². The van der Waals surface area contributed by atoms with Gasteiger partial charge >= 0.3 is 0 Å². The molecule has 2 fully saturated rings. The zero-order chi connectivity index (χ0) is 27.6. The van der Waals surface area contributed by atoms with Gasteiger partial charge in [0.25, 0.3) is 5.91 Å². The van der Waals surface area contributed by atoms with Crippen LogP contribution in [0, 0.1) is 0 Å². The fourth-order valence-corrected chi connectivity index (χ4v) is 6.49. The van der Waals surface area contributed by atoms with Gasteiger partial charge in [0.15, 0.2) is 11.4 Å². The zero-order valence-corrected chi connectivity index (χ0v) is 22.5. The third-order valence-electron chi connectivity index (χ3n) is 7.77. The Balaban J connectivity index is 1.41. The molecule has 13 heteroatoms. The van der Waals surface area contributed by atoms with Crippen LogP contribution in [-0.4, -0.2) is 68.5 Å². The van der Waals surface area contributed by atoms with Gasteiger partial charge in [0.1, 0.15) is 17.7 Å². The van der Waals surface area contributed by atoms with Crippen molar-refractivity contribution in [1.29, 1.82) is 0 Å². The minimum atomic E-state index is -1.20. The molecule has 0 unspecified atom stereocenters. The molecule has 1 amide bonds. The minimum absolute atomic E-state index is 0.00724. The Morgan fingerprint density at radius 2 is 1.92 bits per heavy atom. The van der Waals surface area contributed by atoms with Gasteiger partial charge in [-0.05, 0) is 52.5 Å². The van der Waals surface area contributed by atoms with E-state index in [1.807, 2.05) is 4.90 Å². The second-order valence-corrected chi connectivity index (χ2v) is 11.2. The van der Waals surface area contributed by atoms with Crippen LogP contribution in [0.2, 0.25) is 5.02 Å². The van der Waals surface area contributed by atoms with Crippen molar-refractivity contribution in [2.24, 2.45) is 0 Å². The number of piperidine rings is 1. The molecule has 39 heavy (non-hydrogen) atoms. The lowest BCUT2D eigenvalue weighted by Gasteiger charge is -2.38. The molecule has 0 aliphatic carbocycles. The van der Waals surface area contributed by atoms with Crippen LogP contribution in [0.1, 0.15) is 84.7 Å². The van der Waals surface area contributed by atoms with Gasteiger partial charge in [0.2, 0.25) is 5.82 Å². The number of halogens is 1.